The van der Waals surface area contributed by atoms with Gasteiger partial charge in [0, 0.05) is 0 Å². The van der Waals surface area contributed by atoms with Crippen LogP contribution in [0, 0.1) is 0 Å². The molecular weight excluding hydrogens is 440 g/mol. The van der Waals surface area contributed by atoms with Crippen molar-refractivity contribution < 1.29 is 54.7 Å². The van der Waals surface area contributed by atoms with E-state index in [-0.39, 0.29) is 13.2 Å². The monoisotopic (exact) mass is 480 g/mol. The van der Waals surface area contributed by atoms with Crippen molar-refractivity contribution in [1.29, 1.82) is 0 Å². The summed E-state index contributed by atoms with van der Waals surface area (Å²) in [5, 5.41) is 70.1. The largest absolute Gasteiger partial charge is 0.390 e. The van der Waals surface area contributed by atoms with Crippen molar-refractivity contribution in [2.75, 3.05) is 13.2 Å². The molecule has 2 rings (SSSR count). The van der Waals surface area contributed by atoms with Crippen LogP contribution >= 0.6 is 0 Å². The van der Waals surface area contributed by atoms with Crippen molar-refractivity contribution in [3.8, 4) is 0 Å². The molecule has 2 heterocycles. The fourth-order valence-corrected chi connectivity index (χ4v) is 3.72. The van der Waals surface area contributed by atoms with Crippen LogP contribution < -0.4 is 0 Å². The number of ether oxygens (including phenoxy) is 4. The summed E-state index contributed by atoms with van der Waals surface area (Å²) in [5.74, 6) is 0. The van der Waals surface area contributed by atoms with Gasteiger partial charge in [-0.2, -0.15) is 0 Å². The van der Waals surface area contributed by atoms with E-state index in [0.29, 0.717) is 6.42 Å². The molecule has 0 saturated carbocycles. The second-order valence-electron chi connectivity index (χ2n) is 9.58. The maximum atomic E-state index is 10.2. The lowest BCUT2D eigenvalue weighted by atomic mass is 9.98. The molecule has 0 aliphatic carbocycles. The molecule has 2 saturated heterocycles. The van der Waals surface area contributed by atoms with Crippen LogP contribution in [0.1, 0.15) is 47.0 Å². The summed E-state index contributed by atoms with van der Waals surface area (Å²) in [6, 6.07) is 0. The first-order chi connectivity index (χ1) is 15.3. The average Bonchev–Trinajstić information content (AvgIpc) is 2.73. The van der Waals surface area contributed by atoms with Crippen LogP contribution in [0.25, 0.3) is 0 Å². The first-order valence-electron chi connectivity index (χ1n) is 11.3. The Labute approximate surface area is 194 Å². The van der Waals surface area contributed by atoms with Gasteiger partial charge in [0.05, 0.1) is 24.9 Å². The van der Waals surface area contributed by atoms with Gasteiger partial charge in [-0.05, 0) is 47.0 Å². The summed E-state index contributed by atoms with van der Waals surface area (Å²) in [6.45, 7) is 6.69. The highest BCUT2D eigenvalue weighted by atomic mass is 16.7. The van der Waals surface area contributed by atoms with Gasteiger partial charge in [0.2, 0.25) is 0 Å². The molecule has 33 heavy (non-hydrogen) atoms. The lowest BCUT2D eigenvalue weighted by molar-refractivity contribution is -0.326. The van der Waals surface area contributed by atoms with Crippen LogP contribution in [-0.4, -0.2) is 116 Å². The van der Waals surface area contributed by atoms with Gasteiger partial charge in [-0.25, -0.2) is 0 Å². The lowest BCUT2D eigenvalue weighted by Gasteiger charge is -2.42. The number of hydrogen-bond acceptors (Lipinski definition) is 11. The van der Waals surface area contributed by atoms with Gasteiger partial charge in [0.1, 0.15) is 42.7 Å². The van der Waals surface area contributed by atoms with Crippen molar-refractivity contribution in [3.63, 3.8) is 0 Å². The van der Waals surface area contributed by atoms with E-state index in [0.717, 1.165) is 18.4 Å². The first kappa shape index (κ1) is 28.5. The summed E-state index contributed by atoms with van der Waals surface area (Å²) in [7, 11) is 0. The third-order valence-corrected chi connectivity index (χ3v) is 5.95. The standard InChI is InChI=1S/C22H40O11/c1-11(6-5-8-22(3,4)29)7-9-30-20-19(28)17(26)15(24)13(33-20)10-31-21-18(27)16(25)14(23)12(2)32-21/h7,12-21,23-29H,5-6,8-10H2,1-4H3. The van der Waals surface area contributed by atoms with Crippen molar-refractivity contribution >= 4 is 0 Å². The smallest absolute Gasteiger partial charge is 0.187 e. The molecule has 0 amide bonds. The number of rotatable bonds is 10. The molecule has 0 spiro atoms. The average molecular weight is 481 g/mol. The molecule has 0 aromatic rings. The highest BCUT2D eigenvalue weighted by Crippen LogP contribution is 2.26. The molecule has 11 nitrogen and oxygen atoms in total. The molecule has 10 atom stereocenters. The van der Waals surface area contributed by atoms with E-state index in [9.17, 15) is 35.7 Å². The molecule has 0 bridgehead atoms. The molecule has 10 unspecified atom stereocenters. The minimum atomic E-state index is -1.56. The van der Waals surface area contributed by atoms with E-state index in [2.05, 4.69) is 0 Å². The number of hydrogen-bond donors (Lipinski definition) is 7. The summed E-state index contributed by atoms with van der Waals surface area (Å²) in [6.07, 6.45) is -9.22. The Morgan fingerprint density at radius 3 is 2.03 bits per heavy atom. The van der Waals surface area contributed by atoms with E-state index in [1.54, 1.807) is 13.8 Å². The van der Waals surface area contributed by atoms with Crippen LogP contribution in [0.3, 0.4) is 0 Å². The highest BCUT2D eigenvalue weighted by molar-refractivity contribution is 4.98. The molecule has 2 aliphatic heterocycles. The van der Waals surface area contributed by atoms with Crippen LogP contribution in [0.15, 0.2) is 11.6 Å². The Morgan fingerprint density at radius 2 is 1.42 bits per heavy atom. The minimum Gasteiger partial charge on any atom is -0.390 e. The number of aliphatic hydroxyl groups is 7. The zero-order valence-corrected chi connectivity index (χ0v) is 19.6. The highest BCUT2D eigenvalue weighted by Gasteiger charge is 2.46. The van der Waals surface area contributed by atoms with Crippen molar-refractivity contribution in [1.82, 2.24) is 0 Å². The van der Waals surface area contributed by atoms with E-state index in [1.165, 1.54) is 6.92 Å². The van der Waals surface area contributed by atoms with Crippen molar-refractivity contribution in [2.45, 2.75) is 114 Å². The molecular formula is C22H40O11. The predicted molar refractivity (Wildman–Crippen MR) is 115 cm³/mol. The Hall–Kier alpha value is -0.700. The summed E-state index contributed by atoms with van der Waals surface area (Å²) in [5.41, 5.74) is 0.308. The summed E-state index contributed by atoms with van der Waals surface area (Å²) in [4.78, 5) is 0. The van der Waals surface area contributed by atoms with E-state index in [4.69, 9.17) is 18.9 Å². The zero-order chi connectivity index (χ0) is 24.9. The maximum Gasteiger partial charge on any atom is 0.187 e. The normalized spacial score (nSPS) is 40.8. The molecule has 194 valence electrons. The fourth-order valence-electron chi connectivity index (χ4n) is 3.72. The van der Waals surface area contributed by atoms with Crippen molar-refractivity contribution in [2.24, 2.45) is 0 Å². The molecule has 0 aromatic heterocycles. The topological polar surface area (TPSA) is 179 Å². The van der Waals surface area contributed by atoms with Gasteiger partial charge in [0.25, 0.3) is 0 Å². The quantitative estimate of drug-likeness (QED) is 0.182. The van der Waals surface area contributed by atoms with Gasteiger partial charge < -0.3 is 54.7 Å². The molecule has 7 N–H and O–H groups in total. The van der Waals surface area contributed by atoms with Gasteiger partial charge in [0.15, 0.2) is 12.6 Å². The van der Waals surface area contributed by atoms with Crippen molar-refractivity contribution in [3.05, 3.63) is 11.6 Å². The molecule has 0 aromatic carbocycles. The van der Waals surface area contributed by atoms with Crippen LogP contribution in [0.2, 0.25) is 0 Å². The third-order valence-electron chi connectivity index (χ3n) is 5.95. The Bertz CT molecular complexity index is 622. The first-order valence-corrected chi connectivity index (χ1v) is 11.3. The maximum absolute atomic E-state index is 10.2. The third kappa shape index (κ3) is 8.18. The number of aliphatic hydroxyl groups excluding tert-OH is 6. The zero-order valence-electron chi connectivity index (χ0n) is 19.6. The Balaban J connectivity index is 1.86. The molecule has 2 fully saturated rings. The van der Waals surface area contributed by atoms with Crippen LogP contribution in [0.5, 0.6) is 0 Å². The van der Waals surface area contributed by atoms with Gasteiger partial charge in [-0.3, -0.25) is 0 Å². The SMILES string of the molecule is CC(=CCOC1OC(COC2OC(C)C(O)C(O)C2O)C(O)C(O)C1O)CCCC(C)(C)O. The molecule has 0 radical (unpaired) electrons. The van der Waals surface area contributed by atoms with E-state index >= 15 is 0 Å². The van der Waals surface area contributed by atoms with Crippen LogP contribution in [0.4, 0.5) is 0 Å². The van der Waals surface area contributed by atoms with Crippen LogP contribution in [-0.2, 0) is 18.9 Å². The van der Waals surface area contributed by atoms with E-state index in [1.807, 2.05) is 13.0 Å². The number of allylic oxidation sites excluding steroid dienone is 1. The summed E-state index contributed by atoms with van der Waals surface area (Å²) < 4.78 is 21.9. The van der Waals surface area contributed by atoms with Gasteiger partial charge in [-0.15, -0.1) is 0 Å². The fraction of sp³-hybridized carbons (Fsp3) is 0.909. The van der Waals surface area contributed by atoms with Gasteiger partial charge >= 0.3 is 0 Å². The predicted octanol–water partition coefficient (Wildman–Crippen LogP) is -1.46. The lowest BCUT2D eigenvalue weighted by Crippen LogP contribution is -2.61. The summed E-state index contributed by atoms with van der Waals surface area (Å²) >= 11 is 0. The Kier molecular flexibility index (Phi) is 10.7. The second-order valence-corrected chi connectivity index (χ2v) is 9.58. The minimum absolute atomic E-state index is 0.0957. The van der Waals surface area contributed by atoms with E-state index < -0.39 is 67.0 Å². The molecule has 2 aliphatic rings. The molecule has 11 heteroatoms. The second kappa shape index (κ2) is 12.3. The van der Waals surface area contributed by atoms with Gasteiger partial charge in [-0.1, -0.05) is 11.6 Å². The Morgan fingerprint density at radius 1 is 0.848 bits per heavy atom.